The van der Waals surface area contributed by atoms with Crippen LogP contribution in [-0.4, -0.2) is 41.6 Å². The van der Waals surface area contributed by atoms with E-state index >= 15 is 0 Å². The Balaban J connectivity index is 2.53. The normalized spacial score (nSPS) is 19.4. The van der Waals surface area contributed by atoms with Gasteiger partial charge in [0.25, 0.3) is 0 Å². The maximum atomic E-state index is 12.1. The number of urea groups is 1. The molecular weight excluding hydrogens is 244 g/mol. The lowest BCUT2D eigenvalue weighted by molar-refractivity contribution is -0.159. The Morgan fingerprint density at radius 1 is 1.37 bits per heavy atom. The summed E-state index contributed by atoms with van der Waals surface area (Å²) in [4.78, 5) is 25.7. The largest absolute Gasteiger partial charge is 0.458 e. The molecule has 1 atom stereocenters. The van der Waals surface area contributed by atoms with Gasteiger partial charge in [0.05, 0.1) is 0 Å². The number of unbranched alkanes of at least 4 members (excludes halogenated alkanes) is 1. The minimum absolute atomic E-state index is 0.151. The fourth-order valence-electron chi connectivity index (χ4n) is 2.10. The van der Waals surface area contributed by atoms with Crippen molar-refractivity contribution in [2.45, 2.75) is 65.0 Å². The van der Waals surface area contributed by atoms with E-state index < -0.39 is 11.6 Å². The molecule has 0 unspecified atom stereocenters. The first kappa shape index (κ1) is 15.8. The summed E-state index contributed by atoms with van der Waals surface area (Å²) in [6.45, 7) is 8.88. The van der Waals surface area contributed by atoms with E-state index in [-0.39, 0.29) is 12.0 Å². The summed E-state index contributed by atoms with van der Waals surface area (Å²) in [5.74, 6) is -0.296. The fraction of sp³-hybridized carbons (Fsp3) is 0.857. The van der Waals surface area contributed by atoms with Crippen molar-refractivity contribution >= 4 is 12.0 Å². The van der Waals surface area contributed by atoms with Crippen molar-refractivity contribution < 1.29 is 14.3 Å². The van der Waals surface area contributed by atoms with E-state index in [0.29, 0.717) is 19.5 Å². The van der Waals surface area contributed by atoms with Crippen LogP contribution >= 0.6 is 0 Å². The van der Waals surface area contributed by atoms with Gasteiger partial charge >= 0.3 is 12.0 Å². The highest BCUT2D eigenvalue weighted by atomic mass is 16.6. The molecule has 1 rings (SSSR count). The van der Waals surface area contributed by atoms with Crippen LogP contribution in [0, 0.1) is 0 Å². The molecule has 5 heteroatoms. The summed E-state index contributed by atoms with van der Waals surface area (Å²) in [5.41, 5.74) is -0.510. The molecule has 0 bridgehead atoms. The molecule has 1 N–H and O–H groups in total. The average molecular weight is 270 g/mol. The van der Waals surface area contributed by atoms with Crippen molar-refractivity contribution in [1.29, 1.82) is 0 Å². The molecule has 0 radical (unpaired) electrons. The minimum atomic E-state index is -0.510. The van der Waals surface area contributed by atoms with Crippen LogP contribution in [0.4, 0.5) is 4.79 Å². The monoisotopic (exact) mass is 270 g/mol. The molecular formula is C14H26N2O3. The van der Waals surface area contributed by atoms with Crippen LogP contribution in [0.2, 0.25) is 0 Å². The summed E-state index contributed by atoms with van der Waals surface area (Å²) in [6, 6.07) is -0.581. The standard InChI is InChI=1S/C14H26N2O3/c1-5-6-9-15-13(18)16-10-7-8-11(16)12(17)19-14(2,3)4/h11H,5-10H2,1-4H3,(H,15,18)/t11-/m0/s1. The number of ether oxygens (including phenoxy) is 1. The van der Waals surface area contributed by atoms with Crippen molar-refractivity contribution in [3.8, 4) is 0 Å². The van der Waals surface area contributed by atoms with Gasteiger partial charge in [-0.2, -0.15) is 0 Å². The molecule has 1 aliphatic heterocycles. The second-order valence-electron chi connectivity index (χ2n) is 5.97. The molecule has 0 aromatic heterocycles. The molecule has 0 aliphatic carbocycles. The number of esters is 1. The van der Waals surface area contributed by atoms with E-state index in [1.54, 1.807) is 4.90 Å². The van der Waals surface area contributed by atoms with E-state index in [2.05, 4.69) is 12.2 Å². The summed E-state index contributed by atoms with van der Waals surface area (Å²) in [7, 11) is 0. The number of likely N-dealkylation sites (tertiary alicyclic amines) is 1. The van der Waals surface area contributed by atoms with Crippen molar-refractivity contribution in [3.05, 3.63) is 0 Å². The number of hydrogen-bond donors (Lipinski definition) is 1. The van der Waals surface area contributed by atoms with Crippen LogP contribution in [0.15, 0.2) is 0 Å². The highest BCUT2D eigenvalue weighted by molar-refractivity contribution is 5.84. The molecule has 0 saturated carbocycles. The maximum Gasteiger partial charge on any atom is 0.329 e. The summed E-state index contributed by atoms with van der Waals surface area (Å²) < 4.78 is 5.37. The summed E-state index contributed by atoms with van der Waals surface area (Å²) in [6.07, 6.45) is 3.54. The molecule has 19 heavy (non-hydrogen) atoms. The fourth-order valence-corrected chi connectivity index (χ4v) is 2.10. The second kappa shape index (κ2) is 6.78. The molecule has 0 aromatic rings. The first-order chi connectivity index (χ1) is 8.85. The molecule has 2 amide bonds. The van der Waals surface area contributed by atoms with E-state index in [4.69, 9.17) is 4.74 Å². The smallest absolute Gasteiger partial charge is 0.329 e. The van der Waals surface area contributed by atoms with E-state index in [1.807, 2.05) is 20.8 Å². The van der Waals surface area contributed by atoms with Crippen LogP contribution in [0.5, 0.6) is 0 Å². The van der Waals surface area contributed by atoms with Gasteiger partial charge in [-0.05, 0) is 40.0 Å². The third-order valence-electron chi connectivity index (χ3n) is 3.00. The number of carbonyl (C=O) groups excluding carboxylic acids is 2. The van der Waals surface area contributed by atoms with Crippen molar-refractivity contribution in [3.63, 3.8) is 0 Å². The summed E-state index contributed by atoms with van der Waals surface area (Å²) in [5, 5.41) is 2.85. The van der Waals surface area contributed by atoms with Gasteiger partial charge in [-0.1, -0.05) is 13.3 Å². The predicted molar refractivity (Wildman–Crippen MR) is 73.9 cm³/mol. The van der Waals surface area contributed by atoms with Crippen molar-refractivity contribution in [2.75, 3.05) is 13.1 Å². The zero-order chi connectivity index (χ0) is 14.5. The maximum absolute atomic E-state index is 12.1. The minimum Gasteiger partial charge on any atom is -0.458 e. The van der Waals surface area contributed by atoms with Crippen LogP contribution in [-0.2, 0) is 9.53 Å². The highest BCUT2D eigenvalue weighted by Crippen LogP contribution is 2.21. The second-order valence-corrected chi connectivity index (χ2v) is 5.97. The van der Waals surface area contributed by atoms with Crippen LogP contribution < -0.4 is 5.32 Å². The molecule has 1 aliphatic rings. The number of hydrogen-bond acceptors (Lipinski definition) is 3. The van der Waals surface area contributed by atoms with Gasteiger partial charge in [0.1, 0.15) is 11.6 Å². The third-order valence-corrected chi connectivity index (χ3v) is 3.00. The number of nitrogens with zero attached hydrogens (tertiary/aromatic N) is 1. The average Bonchev–Trinajstić information content (AvgIpc) is 2.75. The number of amides is 2. The van der Waals surface area contributed by atoms with E-state index in [0.717, 1.165) is 19.3 Å². The third kappa shape index (κ3) is 5.09. The predicted octanol–water partition coefficient (Wildman–Crippen LogP) is 2.30. The Kier molecular flexibility index (Phi) is 5.63. The van der Waals surface area contributed by atoms with Gasteiger partial charge in [0.2, 0.25) is 0 Å². The Morgan fingerprint density at radius 2 is 2.05 bits per heavy atom. The van der Waals surface area contributed by atoms with Crippen LogP contribution in [0.1, 0.15) is 53.4 Å². The lowest BCUT2D eigenvalue weighted by Gasteiger charge is -2.27. The molecule has 1 fully saturated rings. The number of carbonyl (C=O) groups is 2. The van der Waals surface area contributed by atoms with Crippen LogP contribution in [0.25, 0.3) is 0 Å². The van der Waals surface area contributed by atoms with Gasteiger partial charge < -0.3 is 15.0 Å². The Morgan fingerprint density at radius 3 is 2.63 bits per heavy atom. The first-order valence-electron chi connectivity index (χ1n) is 7.12. The molecule has 0 spiro atoms. The van der Waals surface area contributed by atoms with Gasteiger partial charge in [0.15, 0.2) is 0 Å². The molecule has 0 aromatic carbocycles. The van der Waals surface area contributed by atoms with Gasteiger partial charge in [0, 0.05) is 13.1 Å². The van der Waals surface area contributed by atoms with E-state index in [1.165, 1.54) is 0 Å². The van der Waals surface area contributed by atoms with Gasteiger partial charge in [-0.15, -0.1) is 0 Å². The zero-order valence-electron chi connectivity index (χ0n) is 12.5. The summed E-state index contributed by atoms with van der Waals surface area (Å²) >= 11 is 0. The topological polar surface area (TPSA) is 58.6 Å². The van der Waals surface area contributed by atoms with Crippen molar-refractivity contribution in [2.24, 2.45) is 0 Å². The van der Waals surface area contributed by atoms with Crippen molar-refractivity contribution in [1.82, 2.24) is 10.2 Å². The highest BCUT2D eigenvalue weighted by Gasteiger charge is 2.36. The van der Waals surface area contributed by atoms with E-state index in [9.17, 15) is 9.59 Å². The lowest BCUT2D eigenvalue weighted by Crippen LogP contribution is -2.47. The Bertz CT molecular complexity index is 323. The lowest BCUT2D eigenvalue weighted by atomic mass is 10.1. The van der Waals surface area contributed by atoms with Crippen LogP contribution in [0.3, 0.4) is 0 Å². The van der Waals surface area contributed by atoms with Gasteiger partial charge in [-0.25, -0.2) is 9.59 Å². The first-order valence-corrected chi connectivity index (χ1v) is 7.12. The zero-order valence-corrected chi connectivity index (χ0v) is 12.5. The molecule has 110 valence electrons. The Hall–Kier alpha value is -1.26. The molecule has 1 saturated heterocycles. The Labute approximate surface area is 115 Å². The quantitative estimate of drug-likeness (QED) is 0.630. The van der Waals surface area contributed by atoms with Gasteiger partial charge in [-0.3, -0.25) is 0 Å². The number of nitrogens with one attached hydrogen (secondary N) is 1. The molecule has 1 heterocycles. The number of rotatable bonds is 4. The molecule has 5 nitrogen and oxygen atoms in total. The SMILES string of the molecule is CCCCNC(=O)N1CCC[C@H]1C(=O)OC(C)(C)C.